The third kappa shape index (κ3) is 7.46. The Kier molecular flexibility index (Phi) is 9.56. The summed E-state index contributed by atoms with van der Waals surface area (Å²) in [5.74, 6) is 0.617. The molecule has 3 amide bonds. The Bertz CT molecular complexity index is 959. The lowest BCUT2D eigenvalue weighted by molar-refractivity contribution is -0.142. The highest BCUT2D eigenvalue weighted by Crippen LogP contribution is 2.31. The largest absolute Gasteiger partial charge is 0.466 e. The Hall–Kier alpha value is -2.59. The number of carbonyl (C=O) groups excluding carboxylic acids is 3. The molecule has 1 fully saturated rings. The van der Waals surface area contributed by atoms with Gasteiger partial charge in [-0.3, -0.25) is 19.8 Å². The molecule has 0 spiro atoms. The van der Waals surface area contributed by atoms with E-state index in [0.717, 1.165) is 17.1 Å². The fraction of sp³-hybridized carbons (Fsp3) is 0.478. The van der Waals surface area contributed by atoms with Gasteiger partial charge in [0.25, 0.3) is 5.91 Å². The molecular weight excluding hydrogens is 460 g/mol. The van der Waals surface area contributed by atoms with E-state index in [1.54, 1.807) is 43.3 Å². The summed E-state index contributed by atoms with van der Waals surface area (Å²) < 4.78 is 5.85. The number of rotatable bonds is 10. The SMILES string of the molecule is CCOC(=O)CCSc1cnc(NC(=O)N(CC2CCCC2)c2cccc(C(=O)NC)c2)s1. The van der Waals surface area contributed by atoms with Gasteiger partial charge >= 0.3 is 12.0 Å². The number of ether oxygens (including phenoxy) is 1. The number of benzene rings is 1. The second kappa shape index (κ2) is 12.6. The highest BCUT2D eigenvalue weighted by molar-refractivity contribution is 8.01. The van der Waals surface area contributed by atoms with Crippen molar-refractivity contribution in [1.29, 1.82) is 0 Å². The zero-order valence-electron chi connectivity index (χ0n) is 19.0. The van der Waals surface area contributed by atoms with Crippen LogP contribution in [0.4, 0.5) is 15.6 Å². The molecule has 33 heavy (non-hydrogen) atoms. The van der Waals surface area contributed by atoms with Crippen LogP contribution < -0.4 is 15.5 Å². The van der Waals surface area contributed by atoms with Crippen LogP contribution in [0, 0.1) is 5.92 Å². The maximum Gasteiger partial charge on any atom is 0.328 e. The molecule has 1 saturated carbocycles. The monoisotopic (exact) mass is 490 g/mol. The van der Waals surface area contributed by atoms with E-state index < -0.39 is 0 Å². The van der Waals surface area contributed by atoms with Gasteiger partial charge in [0.05, 0.1) is 23.4 Å². The van der Waals surface area contributed by atoms with Crippen molar-refractivity contribution in [1.82, 2.24) is 10.3 Å². The van der Waals surface area contributed by atoms with E-state index in [9.17, 15) is 14.4 Å². The van der Waals surface area contributed by atoms with Gasteiger partial charge in [-0.1, -0.05) is 30.2 Å². The molecule has 178 valence electrons. The standard InChI is InChI=1S/C23H30N4O4S2/c1-3-31-19(28)11-12-32-20-14-25-22(33-20)26-23(30)27(15-16-7-4-5-8-16)18-10-6-9-17(13-18)21(29)24-2/h6,9-10,13-14,16H,3-5,7-8,11-12,15H2,1-2H3,(H,24,29)(H,25,26,30). The lowest BCUT2D eigenvalue weighted by Crippen LogP contribution is -2.38. The number of thioether (sulfide) groups is 1. The Morgan fingerprint density at radius 2 is 2.06 bits per heavy atom. The lowest BCUT2D eigenvalue weighted by Gasteiger charge is -2.26. The van der Waals surface area contributed by atoms with Gasteiger partial charge in [-0.05, 0) is 43.9 Å². The molecule has 10 heteroatoms. The van der Waals surface area contributed by atoms with Crippen molar-refractivity contribution in [2.45, 2.75) is 43.2 Å². The summed E-state index contributed by atoms with van der Waals surface area (Å²) in [5.41, 5.74) is 1.19. The van der Waals surface area contributed by atoms with Crippen LogP contribution in [0.15, 0.2) is 34.7 Å². The van der Waals surface area contributed by atoms with Gasteiger partial charge in [0.1, 0.15) is 0 Å². The summed E-state index contributed by atoms with van der Waals surface area (Å²) in [6.07, 6.45) is 6.57. The van der Waals surface area contributed by atoms with Gasteiger partial charge in [0.15, 0.2) is 5.13 Å². The lowest BCUT2D eigenvalue weighted by atomic mass is 10.1. The van der Waals surface area contributed by atoms with Crippen LogP contribution in [0.25, 0.3) is 0 Å². The summed E-state index contributed by atoms with van der Waals surface area (Å²) in [7, 11) is 1.59. The summed E-state index contributed by atoms with van der Waals surface area (Å²) in [6, 6.07) is 6.84. The molecule has 0 atom stereocenters. The molecule has 1 heterocycles. The minimum Gasteiger partial charge on any atom is -0.466 e. The summed E-state index contributed by atoms with van der Waals surface area (Å²) >= 11 is 2.88. The zero-order valence-corrected chi connectivity index (χ0v) is 20.6. The van der Waals surface area contributed by atoms with E-state index in [1.165, 1.54) is 35.9 Å². The molecular formula is C23H30N4O4S2. The number of esters is 1. The molecule has 0 aliphatic heterocycles. The van der Waals surface area contributed by atoms with Crippen molar-refractivity contribution in [3.8, 4) is 0 Å². The maximum absolute atomic E-state index is 13.2. The molecule has 2 N–H and O–H groups in total. The number of nitrogens with zero attached hydrogens (tertiary/aromatic N) is 2. The van der Waals surface area contributed by atoms with Crippen LogP contribution in [0.3, 0.4) is 0 Å². The third-order valence-corrected chi connectivity index (χ3v) is 7.47. The van der Waals surface area contributed by atoms with E-state index in [1.807, 2.05) is 6.07 Å². The Morgan fingerprint density at radius 3 is 2.79 bits per heavy atom. The van der Waals surface area contributed by atoms with E-state index >= 15 is 0 Å². The van der Waals surface area contributed by atoms with Gasteiger partial charge in [0, 0.05) is 30.6 Å². The minimum absolute atomic E-state index is 0.192. The highest BCUT2D eigenvalue weighted by atomic mass is 32.2. The number of amides is 3. The van der Waals surface area contributed by atoms with Crippen LogP contribution in [0.5, 0.6) is 0 Å². The first-order valence-corrected chi connectivity index (χ1v) is 12.9. The number of thiazole rings is 1. The molecule has 0 unspecified atom stereocenters. The first-order chi connectivity index (χ1) is 16.0. The first-order valence-electron chi connectivity index (χ1n) is 11.1. The zero-order chi connectivity index (χ0) is 23.6. The summed E-state index contributed by atoms with van der Waals surface area (Å²) in [6.45, 7) is 2.76. The Balaban J connectivity index is 1.67. The average Bonchev–Trinajstić information content (AvgIpc) is 3.49. The van der Waals surface area contributed by atoms with Crippen LogP contribution >= 0.6 is 23.1 Å². The number of nitrogens with one attached hydrogen (secondary N) is 2. The van der Waals surface area contributed by atoms with Crippen LogP contribution in [0.2, 0.25) is 0 Å². The van der Waals surface area contributed by atoms with Crippen molar-refractivity contribution >= 4 is 51.8 Å². The maximum atomic E-state index is 13.2. The van der Waals surface area contributed by atoms with Crippen molar-refractivity contribution in [3.05, 3.63) is 36.0 Å². The van der Waals surface area contributed by atoms with E-state index in [4.69, 9.17) is 4.74 Å². The summed E-state index contributed by atoms with van der Waals surface area (Å²) in [4.78, 5) is 42.8. The van der Waals surface area contributed by atoms with Gasteiger partial charge in [0.2, 0.25) is 0 Å². The average molecular weight is 491 g/mol. The molecule has 1 aliphatic rings. The third-order valence-electron chi connectivity index (χ3n) is 5.36. The van der Waals surface area contributed by atoms with Gasteiger partial charge in [-0.2, -0.15) is 0 Å². The van der Waals surface area contributed by atoms with Crippen molar-refractivity contribution in [2.75, 3.05) is 36.2 Å². The molecule has 1 aliphatic carbocycles. The van der Waals surface area contributed by atoms with Gasteiger partial charge < -0.3 is 10.1 Å². The molecule has 3 rings (SSSR count). The number of hydrogen-bond donors (Lipinski definition) is 2. The number of anilines is 2. The molecule has 0 radical (unpaired) electrons. The molecule has 8 nitrogen and oxygen atoms in total. The van der Waals surface area contributed by atoms with E-state index in [-0.39, 0.29) is 17.9 Å². The van der Waals surface area contributed by atoms with E-state index in [0.29, 0.717) is 47.6 Å². The van der Waals surface area contributed by atoms with Crippen LogP contribution in [-0.2, 0) is 9.53 Å². The number of carbonyl (C=O) groups is 3. The Labute approximate surface area is 202 Å². The number of aromatic nitrogens is 1. The predicted molar refractivity (Wildman–Crippen MR) is 132 cm³/mol. The number of hydrogen-bond acceptors (Lipinski definition) is 7. The predicted octanol–water partition coefficient (Wildman–Crippen LogP) is 4.78. The van der Waals surface area contributed by atoms with Crippen LogP contribution in [-0.4, -0.2) is 48.8 Å². The van der Waals surface area contributed by atoms with Gasteiger partial charge in [-0.25, -0.2) is 9.78 Å². The molecule has 1 aromatic carbocycles. The smallest absolute Gasteiger partial charge is 0.328 e. The van der Waals surface area contributed by atoms with Crippen molar-refractivity contribution < 1.29 is 19.1 Å². The van der Waals surface area contributed by atoms with Gasteiger partial charge in [-0.15, -0.1) is 11.8 Å². The quantitative estimate of drug-likeness (QED) is 0.367. The minimum atomic E-state index is -0.270. The normalized spacial score (nSPS) is 13.5. The first kappa shape index (κ1) is 25.0. The number of urea groups is 1. The topological polar surface area (TPSA) is 101 Å². The second-order valence-corrected chi connectivity index (χ2v) is 10.1. The molecule has 1 aromatic heterocycles. The molecule has 0 bridgehead atoms. The van der Waals surface area contributed by atoms with Crippen LogP contribution in [0.1, 0.15) is 49.4 Å². The fourth-order valence-corrected chi connectivity index (χ4v) is 5.59. The summed E-state index contributed by atoms with van der Waals surface area (Å²) in [5, 5.41) is 6.03. The second-order valence-electron chi connectivity index (χ2n) is 7.71. The Morgan fingerprint density at radius 1 is 1.27 bits per heavy atom. The highest BCUT2D eigenvalue weighted by Gasteiger charge is 2.24. The van der Waals surface area contributed by atoms with E-state index in [2.05, 4.69) is 15.6 Å². The van der Waals surface area contributed by atoms with Crippen molar-refractivity contribution in [3.63, 3.8) is 0 Å². The molecule has 0 saturated heterocycles. The fourth-order valence-electron chi connectivity index (χ4n) is 3.73. The van der Waals surface area contributed by atoms with Crippen molar-refractivity contribution in [2.24, 2.45) is 5.92 Å². The molecule has 2 aromatic rings.